The molecule has 2 aromatic carbocycles. The second-order valence-corrected chi connectivity index (χ2v) is 4.83. The highest BCUT2D eigenvalue weighted by molar-refractivity contribution is 5.76. The van der Waals surface area contributed by atoms with Gasteiger partial charge in [-0.2, -0.15) is 5.26 Å². The summed E-state index contributed by atoms with van der Waals surface area (Å²) in [6.07, 6.45) is 0. The predicted octanol–water partition coefficient (Wildman–Crippen LogP) is 2.40. The Hall–Kier alpha value is -2.87. The number of fused-ring (bicyclic) bond motifs is 1. The summed E-state index contributed by atoms with van der Waals surface area (Å²) in [7, 11) is 1.61. The van der Waals surface area contributed by atoms with Gasteiger partial charge in [-0.25, -0.2) is 9.18 Å². The molecule has 0 amide bonds. The fraction of sp³-hybridized carbons (Fsp3) is 0.125. The summed E-state index contributed by atoms with van der Waals surface area (Å²) in [6, 6.07) is 13.5. The number of nitrogens with zero attached hydrogens (tertiary/aromatic N) is 3. The van der Waals surface area contributed by atoms with E-state index in [1.54, 1.807) is 29.8 Å². The molecule has 4 nitrogen and oxygen atoms in total. The first-order valence-electron chi connectivity index (χ1n) is 6.44. The zero-order valence-corrected chi connectivity index (χ0v) is 11.4. The smallest absolute Gasteiger partial charge is 0.295 e. The summed E-state index contributed by atoms with van der Waals surface area (Å²) in [5, 5.41) is 9.13. The molecular weight excluding hydrogens is 269 g/mol. The van der Waals surface area contributed by atoms with Crippen LogP contribution >= 0.6 is 0 Å². The van der Waals surface area contributed by atoms with Gasteiger partial charge < -0.3 is 0 Å². The van der Waals surface area contributed by atoms with Gasteiger partial charge in [0, 0.05) is 7.05 Å². The van der Waals surface area contributed by atoms with Crippen molar-refractivity contribution in [3.8, 4) is 6.07 Å². The Balaban J connectivity index is 2.20. The number of benzene rings is 2. The van der Waals surface area contributed by atoms with Gasteiger partial charge in [-0.1, -0.05) is 18.2 Å². The van der Waals surface area contributed by atoms with Crippen LogP contribution in [0.5, 0.6) is 0 Å². The van der Waals surface area contributed by atoms with Gasteiger partial charge in [0.1, 0.15) is 5.82 Å². The van der Waals surface area contributed by atoms with Crippen LogP contribution < -0.4 is 5.69 Å². The number of aromatic nitrogens is 2. The minimum absolute atomic E-state index is 0.233. The van der Waals surface area contributed by atoms with Gasteiger partial charge in [0.05, 0.1) is 29.2 Å². The fourth-order valence-electron chi connectivity index (χ4n) is 2.47. The van der Waals surface area contributed by atoms with E-state index in [0.29, 0.717) is 16.6 Å². The summed E-state index contributed by atoms with van der Waals surface area (Å²) >= 11 is 0. The number of halogens is 1. The van der Waals surface area contributed by atoms with E-state index in [-0.39, 0.29) is 18.1 Å². The highest BCUT2D eigenvalue weighted by atomic mass is 19.1. The van der Waals surface area contributed by atoms with Gasteiger partial charge in [-0.15, -0.1) is 0 Å². The average Bonchev–Trinajstić information content (AvgIpc) is 2.73. The summed E-state index contributed by atoms with van der Waals surface area (Å²) in [6.45, 7) is 0.283. The van der Waals surface area contributed by atoms with E-state index >= 15 is 0 Å². The van der Waals surface area contributed by atoms with E-state index in [2.05, 4.69) is 6.07 Å². The van der Waals surface area contributed by atoms with Gasteiger partial charge >= 0.3 is 5.69 Å². The number of aryl methyl sites for hydroxylation is 1. The molecule has 0 saturated carbocycles. The van der Waals surface area contributed by atoms with Crippen molar-refractivity contribution in [1.82, 2.24) is 9.13 Å². The Bertz CT molecular complexity index is 931. The van der Waals surface area contributed by atoms with Crippen molar-refractivity contribution in [3.63, 3.8) is 0 Å². The molecule has 0 fully saturated rings. The van der Waals surface area contributed by atoms with Gasteiger partial charge in [0.2, 0.25) is 0 Å². The van der Waals surface area contributed by atoms with Crippen LogP contribution in [0.3, 0.4) is 0 Å². The SMILES string of the molecule is Cn1c(=O)n(Cc2ccccc2C#N)c2ccc(F)cc21. The molecule has 0 N–H and O–H groups in total. The van der Waals surface area contributed by atoms with E-state index in [9.17, 15) is 9.18 Å². The van der Waals surface area contributed by atoms with E-state index in [1.807, 2.05) is 12.1 Å². The zero-order chi connectivity index (χ0) is 15.0. The van der Waals surface area contributed by atoms with Crippen molar-refractivity contribution in [1.29, 1.82) is 5.26 Å². The molecule has 0 bridgehead atoms. The van der Waals surface area contributed by atoms with Gasteiger partial charge in [-0.3, -0.25) is 9.13 Å². The third-order valence-electron chi connectivity index (χ3n) is 3.57. The van der Waals surface area contributed by atoms with Gasteiger partial charge in [0.25, 0.3) is 0 Å². The average molecular weight is 281 g/mol. The Morgan fingerprint density at radius 1 is 1.19 bits per heavy atom. The normalized spacial score (nSPS) is 10.7. The van der Waals surface area contributed by atoms with E-state index < -0.39 is 0 Å². The molecule has 0 aliphatic carbocycles. The van der Waals surface area contributed by atoms with E-state index in [0.717, 1.165) is 5.56 Å². The molecule has 3 rings (SSSR count). The van der Waals surface area contributed by atoms with Crippen LogP contribution in [0, 0.1) is 17.1 Å². The number of rotatable bonds is 2. The minimum atomic E-state index is -0.382. The van der Waals surface area contributed by atoms with Crippen molar-refractivity contribution in [2.45, 2.75) is 6.54 Å². The molecule has 1 aromatic heterocycles. The highest BCUT2D eigenvalue weighted by Gasteiger charge is 2.13. The van der Waals surface area contributed by atoms with Crippen LogP contribution in [0.15, 0.2) is 47.3 Å². The number of imidazole rings is 1. The molecule has 0 atom stereocenters. The predicted molar refractivity (Wildman–Crippen MR) is 77.4 cm³/mol. The highest BCUT2D eigenvalue weighted by Crippen LogP contribution is 2.16. The lowest BCUT2D eigenvalue weighted by Crippen LogP contribution is -2.23. The van der Waals surface area contributed by atoms with Crippen molar-refractivity contribution >= 4 is 11.0 Å². The molecule has 1 heterocycles. The first-order valence-corrected chi connectivity index (χ1v) is 6.44. The Morgan fingerprint density at radius 2 is 1.95 bits per heavy atom. The van der Waals surface area contributed by atoms with Crippen molar-refractivity contribution < 1.29 is 4.39 Å². The summed E-state index contributed by atoms with van der Waals surface area (Å²) < 4.78 is 16.3. The molecule has 0 spiro atoms. The second kappa shape index (κ2) is 4.91. The lowest BCUT2D eigenvalue weighted by atomic mass is 10.1. The maximum atomic E-state index is 13.3. The van der Waals surface area contributed by atoms with Crippen LogP contribution in [-0.4, -0.2) is 9.13 Å². The van der Waals surface area contributed by atoms with Crippen LogP contribution in [0.4, 0.5) is 4.39 Å². The topological polar surface area (TPSA) is 50.7 Å². The maximum Gasteiger partial charge on any atom is 0.329 e. The second-order valence-electron chi connectivity index (χ2n) is 4.83. The Kier molecular flexibility index (Phi) is 3.07. The fourth-order valence-corrected chi connectivity index (χ4v) is 2.47. The first kappa shape index (κ1) is 13.1. The number of hydrogen-bond acceptors (Lipinski definition) is 2. The number of nitriles is 1. The Labute approximate surface area is 120 Å². The molecular formula is C16H12FN3O. The summed E-state index contributed by atoms with van der Waals surface area (Å²) in [5.41, 5.74) is 2.25. The quantitative estimate of drug-likeness (QED) is 0.724. The number of hydrogen-bond donors (Lipinski definition) is 0. The zero-order valence-electron chi connectivity index (χ0n) is 11.4. The molecule has 0 aliphatic heterocycles. The molecule has 0 radical (unpaired) electrons. The lowest BCUT2D eigenvalue weighted by molar-refractivity contribution is 0.628. The van der Waals surface area contributed by atoms with Crippen molar-refractivity contribution in [2.75, 3.05) is 0 Å². The Morgan fingerprint density at radius 3 is 2.71 bits per heavy atom. The molecule has 3 aromatic rings. The van der Waals surface area contributed by atoms with E-state index in [1.165, 1.54) is 16.7 Å². The van der Waals surface area contributed by atoms with Crippen molar-refractivity contribution in [2.24, 2.45) is 7.05 Å². The first-order chi connectivity index (χ1) is 10.1. The third-order valence-corrected chi connectivity index (χ3v) is 3.57. The van der Waals surface area contributed by atoms with E-state index in [4.69, 9.17) is 5.26 Å². The standard InChI is InChI=1S/C16H12FN3O/c1-19-15-8-13(17)6-7-14(15)20(16(19)21)10-12-5-3-2-4-11(12)9-18/h2-8H,10H2,1H3. The summed E-state index contributed by atoms with van der Waals surface area (Å²) in [4.78, 5) is 12.3. The summed E-state index contributed by atoms with van der Waals surface area (Å²) in [5.74, 6) is -0.382. The third kappa shape index (κ3) is 2.11. The molecule has 104 valence electrons. The minimum Gasteiger partial charge on any atom is -0.295 e. The molecule has 0 unspecified atom stereocenters. The molecule has 0 saturated heterocycles. The largest absolute Gasteiger partial charge is 0.329 e. The van der Waals surface area contributed by atoms with Crippen LogP contribution in [0.2, 0.25) is 0 Å². The van der Waals surface area contributed by atoms with Gasteiger partial charge in [-0.05, 0) is 29.8 Å². The molecule has 5 heteroatoms. The lowest BCUT2D eigenvalue weighted by Gasteiger charge is -2.05. The van der Waals surface area contributed by atoms with Crippen LogP contribution in [-0.2, 0) is 13.6 Å². The van der Waals surface area contributed by atoms with Crippen molar-refractivity contribution in [3.05, 3.63) is 69.9 Å². The van der Waals surface area contributed by atoms with Gasteiger partial charge in [0.15, 0.2) is 0 Å². The van der Waals surface area contributed by atoms with Crippen LogP contribution in [0.25, 0.3) is 11.0 Å². The monoisotopic (exact) mass is 281 g/mol. The maximum absolute atomic E-state index is 13.3. The molecule has 21 heavy (non-hydrogen) atoms. The van der Waals surface area contributed by atoms with Crippen LogP contribution in [0.1, 0.15) is 11.1 Å². The molecule has 0 aliphatic rings.